The number of hydrogen-bond acceptors (Lipinski definition) is 2. The third-order valence-electron chi connectivity index (χ3n) is 5.16. The van der Waals surface area contributed by atoms with E-state index < -0.39 is 0 Å². The first-order chi connectivity index (χ1) is 10.9. The third kappa shape index (κ3) is 1.67. The van der Waals surface area contributed by atoms with Gasteiger partial charge in [0.25, 0.3) is 0 Å². The zero-order valence-electron chi connectivity index (χ0n) is 12.5. The fourth-order valence-corrected chi connectivity index (χ4v) is 4.09. The fraction of sp³-hybridized carbons (Fsp3) is 0.300. The van der Waals surface area contributed by atoms with Crippen molar-refractivity contribution >= 4 is 21.5 Å². The molecule has 2 nitrogen and oxygen atoms in total. The summed E-state index contributed by atoms with van der Waals surface area (Å²) in [5, 5.41) is 7.35. The van der Waals surface area contributed by atoms with Gasteiger partial charge in [0.2, 0.25) is 0 Å². The molecule has 1 saturated carbocycles. The molecule has 0 saturated heterocycles. The molecule has 0 radical (unpaired) electrons. The highest BCUT2D eigenvalue weighted by atomic mass is 14.9. The Labute approximate surface area is 129 Å². The second-order valence-electron chi connectivity index (χ2n) is 6.47. The average molecular weight is 286 g/mol. The van der Waals surface area contributed by atoms with Crippen LogP contribution in [0.1, 0.15) is 25.7 Å². The van der Waals surface area contributed by atoms with Gasteiger partial charge in [0, 0.05) is 10.8 Å². The first-order valence-electron chi connectivity index (χ1n) is 8.27. The molecule has 1 aliphatic carbocycles. The largest absolute Gasteiger partial charge is 0.277 e. The van der Waals surface area contributed by atoms with Crippen LogP contribution < -0.4 is 10.7 Å². The van der Waals surface area contributed by atoms with Crippen molar-refractivity contribution in [2.45, 2.75) is 37.8 Å². The molecule has 22 heavy (non-hydrogen) atoms. The molecule has 3 aromatic rings. The Morgan fingerprint density at radius 3 is 1.45 bits per heavy atom. The maximum atomic E-state index is 5.15. The van der Waals surface area contributed by atoms with Crippen molar-refractivity contribution in [3.63, 3.8) is 0 Å². The molecule has 0 bridgehead atoms. The van der Waals surface area contributed by atoms with E-state index >= 15 is 0 Å². The van der Waals surface area contributed by atoms with Gasteiger partial charge in [0.05, 0.1) is 22.8 Å². The molecule has 108 valence electrons. The average Bonchev–Trinajstić information content (AvgIpc) is 2.61. The highest BCUT2D eigenvalue weighted by Crippen LogP contribution is 2.26. The summed E-state index contributed by atoms with van der Waals surface area (Å²) in [6, 6.07) is 18.1. The van der Waals surface area contributed by atoms with Crippen molar-refractivity contribution in [3.05, 3.63) is 59.2 Å². The molecule has 1 fully saturated rings. The lowest BCUT2D eigenvalue weighted by molar-refractivity contribution is 0.370. The van der Waals surface area contributed by atoms with Crippen LogP contribution >= 0.6 is 0 Å². The molecule has 2 heteroatoms. The first kappa shape index (κ1) is 12.3. The number of nitrogens with zero attached hydrogens (tertiary/aromatic N) is 2. The molecule has 0 N–H and O–H groups in total. The van der Waals surface area contributed by atoms with E-state index in [2.05, 4.69) is 48.5 Å². The summed E-state index contributed by atoms with van der Waals surface area (Å²) < 4.78 is 0. The Morgan fingerprint density at radius 2 is 1.00 bits per heavy atom. The monoisotopic (exact) mass is 286 g/mol. The van der Waals surface area contributed by atoms with Crippen LogP contribution in [-0.2, 0) is 0 Å². The lowest BCUT2D eigenvalue weighted by atomic mass is 9.89. The zero-order valence-corrected chi connectivity index (χ0v) is 12.5. The molecule has 0 amide bonds. The Balaban J connectivity index is 2.01. The summed E-state index contributed by atoms with van der Waals surface area (Å²) in [5.74, 6) is 0. The zero-order chi connectivity index (χ0) is 14.5. The van der Waals surface area contributed by atoms with Crippen LogP contribution in [0.4, 0.5) is 0 Å². The van der Waals surface area contributed by atoms with Crippen LogP contribution in [-0.4, -0.2) is 12.1 Å². The smallest absolute Gasteiger partial charge is 0.0915 e. The van der Waals surface area contributed by atoms with Crippen molar-refractivity contribution < 1.29 is 0 Å². The van der Waals surface area contributed by atoms with Crippen molar-refractivity contribution in [1.82, 2.24) is 0 Å². The van der Waals surface area contributed by atoms with E-state index in [1.54, 1.807) is 0 Å². The minimum absolute atomic E-state index is 0.394. The van der Waals surface area contributed by atoms with Gasteiger partial charge in [0.15, 0.2) is 0 Å². The van der Waals surface area contributed by atoms with Crippen LogP contribution in [0.15, 0.2) is 58.5 Å². The second-order valence-corrected chi connectivity index (χ2v) is 6.47. The van der Waals surface area contributed by atoms with Gasteiger partial charge in [-0.15, -0.1) is 0 Å². The molecule has 1 heterocycles. The molecule has 2 atom stereocenters. The predicted octanol–water partition coefficient (Wildman–Crippen LogP) is 3.56. The minimum atomic E-state index is 0.394. The standard InChI is InChI=1S/C20H18N2/c1-3-9-15-13(7-1)14-8-2-4-10-16(14)20-19(15)21-17-11-5-6-12-18(17)22-20/h1-4,7-10,17-18H,5-6,11-12H2. The van der Waals surface area contributed by atoms with Crippen LogP contribution in [0.5, 0.6) is 0 Å². The third-order valence-corrected chi connectivity index (χ3v) is 5.16. The normalized spacial score (nSPS) is 23.5. The lowest BCUT2D eigenvalue weighted by Gasteiger charge is -2.28. The molecule has 0 spiro atoms. The predicted molar refractivity (Wildman–Crippen MR) is 89.8 cm³/mol. The van der Waals surface area contributed by atoms with Gasteiger partial charge < -0.3 is 0 Å². The Hall–Kier alpha value is -2.22. The van der Waals surface area contributed by atoms with Crippen molar-refractivity contribution in [2.24, 2.45) is 9.98 Å². The quantitative estimate of drug-likeness (QED) is 0.565. The fourth-order valence-electron chi connectivity index (χ4n) is 4.09. The van der Waals surface area contributed by atoms with Crippen LogP contribution in [0.2, 0.25) is 0 Å². The van der Waals surface area contributed by atoms with Gasteiger partial charge in [-0.25, -0.2) is 0 Å². The van der Waals surface area contributed by atoms with E-state index in [1.807, 2.05) is 0 Å². The molecule has 5 rings (SSSR count). The molecule has 1 aliphatic heterocycles. The summed E-state index contributed by atoms with van der Waals surface area (Å²) in [6.07, 6.45) is 4.96. The van der Waals surface area contributed by atoms with Gasteiger partial charge in [-0.3, -0.25) is 9.98 Å². The van der Waals surface area contributed by atoms with Gasteiger partial charge in [-0.2, -0.15) is 0 Å². The summed E-state index contributed by atoms with van der Waals surface area (Å²) in [4.78, 5) is 10.3. The summed E-state index contributed by atoms with van der Waals surface area (Å²) in [6.45, 7) is 0. The maximum Gasteiger partial charge on any atom is 0.0915 e. The van der Waals surface area contributed by atoms with Gasteiger partial charge >= 0.3 is 0 Å². The Kier molecular flexibility index (Phi) is 2.60. The Morgan fingerprint density at radius 1 is 0.591 bits per heavy atom. The number of rotatable bonds is 0. The topological polar surface area (TPSA) is 24.7 Å². The first-order valence-corrected chi connectivity index (χ1v) is 8.27. The number of fused-ring (bicyclic) bond motifs is 7. The highest BCUT2D eigenvalue weighted by Gasteiger charge is 2.26. The van der Waals surface area contributed by atoms with Crippen molar-refractivity contribution in [3.8, 4) is 0 Å². The SMILES string of the molecule is c1ccc2c(c1)c1c(c3ccccc32)=NC2CCCCC2N=1. The van der Waals surface area contributed by atoms with Crippen molar-refractivity contribution in [1.29, 1.82) is 0 Å². The summed E-state index contributed by atoms with van der Waals surface area (Å²) in [7, 11) is 0. The van der Waals surface area contributed by atoms with E-state index in [1.165, 1.54) is 47.2 Å². The second kappa shape index (κ2) is 4.64. The van der Waals surface area contributed by atoms with Crippen molar-refractivity contribution in [2.75, 3.05) is 0 Å². The van der Waals surface area contributed by atoms with E-state index in [0.717, 1.165) is 10.7 Å². The molecule has 3 aromatic carbocycles. The highest BCUT2D eigenvalue weighted by molar-refractivity contribution is 6.06. The van der Waals surface area contributed by atoms with Gasteiger partial charge in [-0.05, 0) is 23.6 Å². The van der Waals surface area contributed by atoms with Crippen LogP contribution in [0, 0.1) is 0 Å². The summed E-state index contributed by atoms with van der Waals surface area (Å²) >= 11 is 0. The van der Waals surface area contributed by atoms with Gasteiger partial charge in [0.1, 0.15) is 0 Å². The van der Waals surface area contributed by atoms with E-state index in [4.69, 9.17) is 9.98 Å². The summed E-state index contributed by atoms with van der Waals surface area (Å²) in [5.41, 5.74) is 0. The molecular formula is C20H18N2. The Bertz CT molecular complexity index is 921. The lowest BCUT2D eigenvalue weighted by Crippen LogP contribution is -2.41. The number of hydrogen-bond donors (Lipinski definition) is 0. The number of benzene rings is 3. The molecular weight excluding hydrogens is 268 g/mol. The van der Waals surface area contributed by atoms with Crippen LogP contribution in [0.25, 0.3) is 21.5 Å². The van der Waals surface area contributed by atoms with Gasteiger partial charge in [-0.1, -0.05) is 61.4 Å². The van der Waals surface area contributed by atoms with E-state index in [9.17, 15) is 0 Å². The van der Waals surface area contributed by atoms with Crippen LogP contribution in [0.3, 0.4) is 0 Å². The molecule has 2 unspecified atom stereocenters. The molecule has 2 aliphatic rings. The van der Waals surface area contributed by atoms with E-state index in [-0.39, 0.29) is 0 Å². The minimum Gasteiger partial charge on any atom is -0.277 e. The maximum absolute atomic E-state index is 5.15. The molecule has 0 aromatic heterocycles. The van der Waals surface area contributed by atoms with E-state index in [0.29, 0.717) is 12.1 Å².